The summed E-state index contributed by atoms with van der Waals surface area (Å²) in [6, 6.07) is 15.9. The highest BCUT2D eigenvalue weighted by atomic mass is 16.5. The lowest BCUT2D eigenvalue weighted by Crippen LogP contribution is -2.44. The summed E-state index contributed by atoms with van der Waals surface area (Å²) in [7, 11) is 3.22. The largest absolute Gasteiger partial charge is 0.493 e. The van der Waals surface area contributed by atoms with Crippen LogP contribution in [0.15, 0.2) is 71.1 Å². The number of carbonyl (C=O) groups is 2. The van der Waals surface area contributed by atoms with Gasteiger partial charge in [0.1, 0.15) is 0 Å². The number of Topliss-reactive ketones (excluding diaryl/α,β-unsaturated/α-hetero) is 2. The lowest BCUT2D eigenvalue weighted by Gasteiger charge is -2.49. The van der Waals surface area contributed by atoms with Gasteiger partial charge in [-0.25, -0.2) is 0 Å². The molecule has 0 bridgehead atoms. The fourth-order valence-electron chi connectivity index (χ4n) is 6.30. The number of nitrogens with zero attached hydrogens (tertiary/aromatic N) is 1. The molecule has 5 rings (SSSR count). The number of rotatable bonds is 4. The van der Waals surface area contributed by atoms with Crippen molar-refractivity contribution in [1.82, 2.24) is 0 Å². The van der Waals surface area contributed by atoms with E-state index in [-0.39, 0.29) is 22.4 Å². The standard InChI is InChI=1S/C31H35NO4/c1-30(2)15-21-27(23(33)17-30)26(20-13-10-14-25(35-5)29(20)36-6)28-22(16-31(3,4)18-24(28)34)32(21)19-11-8-7-9-12-19/h7-14,26H,15-18H2,1-6H3. The molecule has 2 aromatic rings. The molecule has 2 aromatic carbocycles. The zero-order valence-corrected chi connectivity index (χ0v) is 22.1. The van der Waals surface area contributed by atoms with Crippen molar-refractivity contribution in [1.29, 1.82) is 0 Å². The van der Waals surface area contributed by atoms with Gasteiger partial charge in [-0.05, 0) is 41.9 Å². The predicted molar refractivity (Wildman–Crippen MR) is 141 cm³/mol. The minimum Gasteiger partial charge on any atom is -0.493 e. The molecule has 188 valence electrons. The van der Waals surface area contributed by atoms with E-state index in [2.05, 4.69) is 44.7 Å². The van der Waals surface area contributed by atoms with Gasteiger partial charge in [0.25, 0.3) is 0 Å². The van der Waals surface area contributed by atoms with Gasteiger partial charge in [-0.1, -0.05) is 58.0 Å². The molecule has 0 radical (unpaired) electrons. The minimum absolute atomic E-state index is 0.0984. The molecule has 3 aliphatic rings. The molecule has 2 aliphatic carbocycles. The van der Waals surface area contributed by atoms with Crippen LogP contribution in [0.4, 0.5) is 5.69 Å². The Morgan fingerprint density at radius 1 is 0.722 bits per heavy atom. The molecule has 0 aromatic heterocycles. The van der Waals surface area contributed by atoms with Gasteiger partial charge in [0, 0.05) is 52.6 Å². The van der Waals surface area contributed by atoms with Crippen molar-refractivity contribution < 1.29 is 19.1 Å². The van der Waals surface area contributed by atoms with Crippen LogP contribution in [0.5, 0.6) is 11.5 Å². The molecule has 1 aliphatic heterocycles. The maximum Gasteiger partial charge on any atom is 0.164 e. The summed E-state index contributed by atoms with van der Waals surface area (Å²) in [5.41, 5.74) is 4.88. The quantitative estimate of drug-likeness (QED) is 0.489. The average molecular weight is 486 g/mol. The smallest absolute Gasteiger partial charge is 0.164 e. The van der Waals surface area contributed by atoms with Gasteiger partial charge in [0.2, 0.25) is 0 Å². The monoisotopic (exact) mass is 485 g/mol. The summed E-state index contributed by atoms with van der Waals surface area (Å²) < 4.78 is 11.5. The van der Waals surface area contributed by atoms with Crippen molar-refractivity contribution in [3.05, 3.63) is 76.6 Å². The van der Waals surface area contributed by atoms with Crippen molar-refractivity contribution >= 4 is 17.3 Å². The Hall–Kier alpha value is -3.34. The fraction of sp³-hybridized carbons (Fsp3) is 0.419. The van der Waals surface area contributed by atoms with Gasteiger partial charge < -0.3 is 14.4 Å². The molecule has 0 fully saturated rings. The SMILES string of the molecule is COc1cccc(C2C3=C(CC(C)(C)CC3=O)N(c3ccccc3)C3=C2C(=O)CC(C)(C)C3)c1OC. The third-order valence-electron chi connectivity index (χ3n) is 7.67. The van der Waals surface area contributed by atoms with E-state index in [1.54, 1.807) is 14.2 Å². The molecule has 0 amide bonds. The third-order valence-corrected chi connectivity index (χ3v) is 7.67. The van der Waals surface area contributed by atoms with Crippen LogP contribution < -0.4 is 14.4 Å². The second kappa shape index (κ2) is 8.65. The van der Waals surface area contributed by atoms with Crippen molar-refractivity contribution in [3.8, 4) is 11.5 Å². The lowest BCUT2D eigenvalue weighted by atomic mass is 9.63. The first-order chi connectivity index (χ1) is 17.1. The van der Waals surface area contributed by atoms with Gasteiger partial charge in [0.05, 0.1) is 14.2 Å². The van der Waals surface area contributed by atoms with Crippen LogP contribution in [0.1, 0.15) is 64.9 Å². The summed E-state index contributed by atoms with van der Waals surface area (Å²) in [5.74, 6) is 0.888. The van der Waals surface area contributed by atoms with Crippen molar-refractivity contribution in [2.75, 3.05) is 19.1 Å². The van der Waals surface area contributed by atoms with Crippen LogP contribution >= 0.6 is 0 Å². The van der Waals surface area contributed by atoms with E-state index in [0.717, 1.165) is 46.6 Å². The number of para-hydroxylation sites is 2. The zero-order valence-electron chi connectivity index (χ0n) is 22.1. The maximum atomic E-state index is 14.0. The van der Waals surface area contributed by atoms with Crippen LogP contribution in [-0.2, 0) is 9.59 Å². The van der Waals surface area contributed by atoms with Crippen molar-refractivity contribution in [2.45, 2.75) is 59.3 Å². The predicted octanol–water partition coefficient (Wildman–Crippen LogP) is 6.59. The Morgan fingerprint density at radius 3 is 1.78 bits per heavy atom. The maximum absolute atomic E-state index is 14.0. The normalized spacial score (nSPS) is 21.3. The molecule has 36 heavy (non-hydrogen) atoms. The van der Waals surface area contributed by atoms with Gasteiger partial charge in [-0.15, -0.1) is 0 Å². The molecule has 5 nitrogen and oxygen atoms in total. The molecule has 1 heterocycles. The van der Waals surface area contributed by atoms with Crippen LogP contribution in [0, 0.1) is 10.8 Å². The van der Waals surface area contributed by atoms with E-state index in [4.69, 9.17) is 9.47 Å². The zero-order chi connectivity index (χ0) is 25.8. The van der Waals surface area contributed by atoms with Gasteiger partial charge in [-0.2, -0.15) is 0 Å². The molecule has 0 saturated heterocycles. The second-order valence-electron chi connectivity index (χ2n) is 11.8. The minimum atomic E-state index is -0.479. The van der Waals surface area contributed by atoms with Crippen LogP contribution in [0.25, 0.3) is 0 Å². The van der Waals surface area contributed by atoms with Crippen LogP contribution in [-0.4, -0.2) is 25.8 Å². The molecule has 0 unspecified atom stereocenters. The first-order valence-corrected chi connectivity index (χ1v) is 12.7. The molecule has 0 spiro atoms. The van der Waals surface area contributed by atoms with E-state index in [0.29, 0.717) is 24.3 Å². The van der Waals surface area contributed by atoms with E-state index in [1.807, 2.05) is 36.4 Å². The third kappa shape index (κ3) is 3.95. The summed E-state index contributed by atoms with van der Waals surface area (Å²) in [4.78, 5) is 30.2. The second-order valence-corrected chi connectivity index (χ2v) is 11.8. The number of ether oxygens (including phenoxy) is 2. The van der Waals surface area contributed by atoms with E-state index < -0.39 is 5.92 Å². The highest BCUT2D eigenvalue weighted by Gasteiger charge is 2.50. The van der Waals surface area contributed by atoms with Crippen LogP contribution in [0.2, 0.25) is 0 Å². The number of benzene rings is 2. The van der Waals surface area contributed by atoms with Crippen molar-refractivity contribution in [2.24, 2.45) is 10.8 Å². The number of carbonyl (C=O) groups excluding carboxylic acids is 2. The van der Waals surface area contributed by atoms with Crippen molar-refractivity contribution in [3.63, 3.8) is 0 Å². The van der Waals surface area contributed by atoms with E-state index >= 15 is 0 Å². The molecular formula is C31H35NO4. The number of methoxy groups -OCH3 is 2. The van der Waals surface area contributed by atoms with Gasteiger partial charge in [-0.3, -0.25) is 9.59 Å². The number of hydrogen-bond donors (Lipinski definition) is 0. The summed E-state index contributed by atoms with van der Waals surface area (Å²) in [5, 5.41) is 0. The molecule has 0 atom stereocenters. The lowest BCUT2D eigenvalue weighted by molar-refractivity contribution is -0.119. The summed E-state index contributed by atoms with van der Waals surface area (Å²) >= 11 is 0. The number of ketones is 2. The van der Waals surface area contributed by atoms with Gasteiger partial charge in [0.15, 0.2) is 23.1 Å². The van der Waals surface area contributed by atoms with Gasteiger partial charge >= 0.3 is 0 Å². The molecular weight excluding hydrogens is 450 g/mol. The van der Waals surface area contributed by atoms with E-state index in [9.17, 15) is 9.59 Å². The average Bonchev–Trinajstić information content (AvgIpc) is 2.81. The first-order valence-electron chi connectivity index (χ1n) is 12.7. The highest BCUT2D eigenvalue weighted by Crippen LogP contribution is 2.57. The highest BCUT2D eigenvalue weighted by molar-refractivity contribution is 6.08. The Kier molecular flexibility index (Phi) is 5.85. The topological polar surface area (TPSA) is 55.8 Å². The van der Waals surface area contributed by atoms with E-state index in [1.165, 1.54) is 0 Å². The number of hydrogen-bond acceptors (Lipinski definition) is 5. The molecule has 5 heteroatoms. The summed E-state index contributed by atoms with van der Waals surface area (Å²) in [6.07, 6.45) is 2.38. The number of allylic oxidation sites excluding steroid dienone is 4. The fourth-order valence-corrected chi connectivity index (χ4v) is 6.30. The first kappa shape index (κ1) is 24.4. The van der Waals surface area contributed by atoms with Crippen LogP contribution in [0.3, 0.4) is 0 Å². The Labute approximate surface area is 213 Å². The number of anilines is 1. The Balaban J connectivity index is 1.87. The Bertz CT molecular complexity index is 1250. The summed E-state index contributed by atoms with van der Waals surface area (Å²) in [6.45, 7) is 8.61. The molecule has 0 N–H and O–H groups in total. The Morgan fingerprint density at radius 2 is 1.28 bits per heavy atom. The molecule has 0 saturated carbocycles.